The number of rotatable bonds is 7. The molecule has 9 heteroatoms. The lowest BCUT2D eigenvalue weighted by molar-refractivity contribution is -0.137. The van der Waals surface area contributed by atoms with Gasteiger partial charge >= 0.3 is 5.97 Å². The van der Waals surface area contributed by atoms with Crippen LogP contribution in [0.15, 0.2) is 15.4 Å². The topological polar surface area (TPSA) is 108 Å². The first-order valence-electron chi connectivity index (χ1n) is 6.57. The molecule has 0 saturated carbocycles. The van der Waals surface area contributed by atoms with Gasteiger partial charge < -0.3 is 14.4 Å². The van der Waals surface area contributed by atoms with Crippen LogP contribution in [0.3, 0.4) is 0 Å². The summed E-state index contributed by atoms with van der Waals surface area (Å²) in [5.41, 5.74) is 0. The van der Waals surface area contributed by atoms with Crippen LogP contribution < -0.4 is 0 Å². The van der Waals surface area contributed by atoms with E-state index in [-0.39, 0.29) is 29.4 Å². The van der Waals surface area contributed by atoms with Crippen molar-refractivity contribution < 1.29 is 27.5 Å². The van der Waals surface area contributed by atoms with Crippen molar-refractivity contribution in [2.24, 2.45) is 0 Å². The van der Waals surface area contributed by atoms with Crippen LogP contribution in [-0.4, -0.2) is 62.3 Å². The van der Waals surface area contributed by atoms with E-state index in [4.69, 9.17) is 9.52 Å². The summed E-state index contributed by atoms with van der Waals surface area (Å²) >= 11 is 0. The van der Waals surface area contributed by atoms with Crippen LogP contribution in [0.1, 0.15) is 29.2 Å². The predicted octanol–water partition coefficient (Wildman–Crippen LogP) is 0.775. The van der Waals surface area contributed by atoms with Crippen LogP contribution in [0.25, 0.3) is 0 Å². The highest BCUT2D eigenvalue weighted by molar-refractivity contribution is 7.89. The predicted molar refractivity (Wildman–Crippen MR) is 78.1 cm³/mol. The lowest BCUT2D eigenvalue weighted by atomic mass is 10.3. The van der Waals surface area contributed by atoms with Crippen LogP contribution in [0.2, 0.25) is 0 Å². The van der Waals surface area contributed by atoms with Gasteiger partial charge in [-0.3, -0.25) is 9.59 Å². The normalized spacial score (nSPS) is 11.7. The number of carboxylic acids is 1. The molecule has 0 aliphatic carbocycles. The molecular weight excluding hydrogens is 312 g/mol. The maximum absolute atomic E-state index is 12.2. The molecule has 1 rings (SSSR count). The van der Waals surface area contributed by atoms with Gasteiger partial charge in [-0.25, -0.2) is 12.7 Å². The summed E-state index contributed by atoms with van der Waals surface area (Å²) in [5.74, 6) is -1.38. The second kappa shape index (κ2) is 6.93. The number of carbonyl (C=O) groups is 2. The van der Waals surface area contributed by atoms with Crippen molar-refractivity contribution in [3.05, 3.63) is 17.6 Å². The molecule has 8 nitrogen and oxygen atoms in total. The van der Waals surface area contributed by atoms with Gasteiger partial charge in [0.2, 0.25) is 10.0 Å². The Morgan fingerprint density at radius 2 is 1.86 bits per heavy atom. The van der Waals surface area contributed by atoms with Crippen LogP contribution in [-0.2, 0) is 14.8 Å². The largest absolute Gasteiger partial charge is 0.481 e. The Bertz CT molecular complexity index is 662. The fourth-order valence-electron chi connectivity index (χ4n) is 1.78. The first-order valence-corrected chi connectivity index (χ1v) is 8.01. The van der Waals surface area contributed by atoms with Gasteiger partial charge in [-0.15, -0.1) is 0 Å². The van der Waals surface area contributed by atoms with E-state index >= 15 is 0 Å². The van der Waals surface area contributed by atoms with Crippen molar-refractivity contribution in [1.82, 2.24) is 9.21 Å². The number of carbonyl (C=O) groups excluding carboxylic acids is 1. The van der Waals surface area contributed by atoms with E-state index in [0.29, 0.717) is 6.42 Å². The molecule has 0 fully saturated rings. The van der Waals surface area contributed by atoms with Crippen molar-refractivity contribution in [3.8, 4) is 0 Å². The second-order valence-electron chi connectivity index (χ2n) is 5.04. The van der Waals surface area contributed by atoms with Crippen LogP contribution in [0.5, 0.6) is 0 Å². The monoisotopic (exact) mass is 332 g/mol. The average molecular weight is 332 g/mol. The van der Waals surface area contributed by atoms with Crippen molar-refractivity contribution >= 4 is 21.9 Å². The van der Waals surface area contributed by atoms with E-state index in [1.54, 1.807) is 0 Å². The number of aliphatic carboxylic acids is 1. The second-order valence-corrected chi connectivity index (χ2v) is 7.16. The number of amides is 1. The molecule has 0 atom stereocenters. The summed E-state index contributed by atoms with van der Waals surface area (Å²) in [7, 11) is 0.599. The lowest BCUT2D eigenvalue weighted by Crippen LogP contribution is -2.27. The van der Waals surface area contributed by atoms with Gasteiger partial charge in [-0.2, -0.15) is 0 Å². The number of hydrogen-bond donors (Lipinski definition) is 1. The minimum atomic E-state index is -3.68. The molecule has 1 aromatic heterocycles. The molecule has 0 radical (unpaired) electrons. The van der Waals surface area contributed by atoms with Crippen molar-refractivity contribution in [2.75, 3.05) is 27.7 Å². The van der Waals surface area contributed by atoms with Crippen LogP contribution in [0.4, 0.5) is 0 Å². The fraction of sp³-hybridized carbons (Fsp3) is 0.538. The summed E-state index contributed by atoms with van der Waals surface area (Å²) in [5, 5.41) is 8.57. The molecule has 0 unspecified atom stereocenters. The Morgan fingerprint density at radius 1 is 1.27 bits per heavy atom. The Labute approximate surface area is 129 Å². The van der Waals surface area contributed by atoms with Crippen LogP contribution >= 0.6 is 0 Å². The Kier molecular flexibility index (Phi) is 5.72. The third-order valence-electron chi connectivity index (χ3n) is 3.07. The molecule has 0 aromatic carbocycles. The van der Waals surface area contributed by atoms with Crippen molar-refractivity contribution in [3.63, 3.8) is 0 Å². The van der Waals surface area contributed by atoms with E-state index in [0.717, 1.165) is 4.31 Å². The molecule has 0 bridgehead atoms. The lowest BCUT2D eigenvalue weighted by Gasteiger charge is -2.14. The number of furan rings is 1. The van der Waals surface area contributed by atoms with E-state index < -0.39 is 21.9 Å². The molecule has 0 spiro atoms. The number of carboxylic acid groups (broad SMARTS) is 1. The third kappa shape index (κ3) is 4.08. The summed E-state index contributed by atoms with van der Waals surface area (Å²) < 4.78 is 30.4. The van der Waals surface area contributed by atoms with Gasteiger partial charge in [0.15, 0.2) is 5.76 Å². The number of hydrogen-bond acceptors (Lipinski definition) is 5. The van der Waals surface area contributed by atoms with Crippen LogP contribution in [0, 0.1) is 6.92 Å². The van der Waals surface area contributed by atoms with Gasteiger partial charge in [0.05, 0.1) is 0 Å². The summed E-state index contributed by atoms with van der Waals surface area (Å²) in [4.78, 5) is 23.9. The molecule has 1 N–H and O–H groups in total. The van der Waals surface area contributed by atoms with Crippen molar-refractivity contribution in [1.29, 1.82) is 0 Å². The highest BCUT2D eigenvalue weighted by Gasteiger charge is 2.26. The number of sulfonamides is 1. The molecule has 1 amide bonds. The van der Waals surface area contributed by atoms with Gasteiger partial charge in [-0.05, 0) is 13.3 Å². The van der Waals surface area contributed by atoms with E-state index in [1.807, 2.05) is 0 Å². The third-order valence-corrected chi connectivity index (χ3v) is 5.00. The van der Waals surface area contributed by atoms with Gasteiger partial charge in [-0.1, -0.05) is 0 Å². The minimum absolute atomic E-state index is 0.0466. The highest BCUT2D eigenvalue weighted by Crippen LogP contribution is 2.23. The first-order chi connectivity index (χ1) is 10.1. The number of aryl methyl sites for hydroxylation is 1. The van der Waals surface area contributed by atoms with Gasteiger partial charge in [0.1, 0.15) is 10.7 Å². The van der Waals surface area contributed by atoms with E-state index in [2.05, 4.69) is 0 Å². The minimum Gasteiger partial charge on any atom is -0.481 e. The van der Waals surface area contributed by atoms with E-state index in [1.165, 1.54) is 39.0 Å². The Balaban J connectivity index is 2.90. The fourth-order valence-corrected chi connectivity index (χ4v) is 2.83. The molecular formula is C13H20N2O6S. The molecule has 22 heavy (non-hydrogen) atoms. The average Bonchev–Trinajstić information content (AvgIpc) is 2.79. The smallest absolute Gasteiger partial charge is 0.303 e. The maximum atomic E-state index is 12.2. The van der Waals surface area contributed by atoms with E-state index in [9.17, 15) is 18.0 Å². The zero-order chi connectivity index (χ0) is 17.1. The number of nitrogens with zero attached hydrogens (tertiary/aromatic N) is 2. The molecule has 1 aromatic rings. The quantitative estimate of drug-likeness (QED) is 0.790. The molecule has 1 heterocycles. The Morgan fingerprint density at radius 3 is 2.36 bits per heavy atom. The maximum Gasteiger partial charge on any atom is 0.303 e. The molecule has 0 aliphatic rings. The summed E-state index contributed by atoms with van der Waals surface area (Å²) in [6.07, 6.45) is 0.259. The first kappa shape index (κ1) is 18.2. The summed E-state index contributed by atoms with van der Waals surface area (Å²) in [6.45, 7) is 1.71. The summed E-state index contributed by atoms with van der Waals surface area (Å²) in [6, 6.07) is 1.20. The molecule has 0 aliphatic heterocycles. The van der Waals surface area contributed by atoms with Gasteiger partial charge in [0.25, 0.3) is 5.91 Å². The zero-order valence-electron chi connectivity index (χ0n) is 13.0. The molecule has 0 saturated heterocycles. The van der Waals surface area contributed by atoms with Crippen molar-refractivity contribution in [2.45, 2.75) is 24.7 Å². The molecule has 124 valence electrons. The highest BCUT2D eigenvalue weighted by atomic mass is 32.2. The zero-order valence-corrected chi connectivity index (χ0v) is 13.8. The Hall–Kier alpha value is -1.87. The van der Waals surface area contributed by atoms with Gasteiger partial charge in [0, 0.05) is 40.2 Å². The SMILES string of the molecule is Cc1oc(C(=O)N(C)CCCC(=O)O)cc1S(=O)(=O)N(C)C. The standard InChI is InChI=1S/C13H20N2O6S/c1-9-11(22(19,20)14(2)3)8-10(21-9)13(18)15(4)7-5-6-12(16)17/h8H,5-7H2,1-4H3,(H,16,17).